The summed E-state index contributed by atoms with van der Waals surface area (Å²) in [6.07, 6.45) is 1.17. The molecule has 2 N–H and O–H groups in total. The minimum absolute atomic E-state index is 0.175. The summed E-state index contributed by atoms with van der Waals surface area (Å²) in [4.78, 5) is 23.5. The lowest BCUT2D eigenvalue weighted by molar-refractivity contribution is -0.132. The zero-order valence-corrected chi connectivity index (χ0v) is 13.5. The molecule has 1 amide bonds. The van der Waals surface area contributed by atoms with Gasteiger partial charge in [0.1, 0.15) is 23.0 Å². The highest BCUT2D eigenvalue weighted by Crippen LogP contribution is 2.25. The number of furan rings is 1. The third-order valence-electron chi connectivity index (χ3n) is 3.57. The van der Waals surface area contributed by atoms with Crippen LogP contribution in [0.3, 0.4) is 0 Å². The molecule has 6 heteroatoms. The van der Waals surface area contributed by atoms with Crippen LogP contribution in [-0.4, -0.2) is 17.0 Å². The van der Waals surface area contributed by atoms with Crippen molar-refractivity contribution in [3.05, 3.63) is 89.6 Å². The van der Waals surface area contributed by atoms with Crippen molar-refractivity contribution in [2.24, 2.45) is 0 Å². The van der Waals surface area contributed by atoms with Gasteiger partial charge in [-0.3, -0.25) is 4.79 Å². The van der Waals surface area contributed by atoms with Gasteiger partial charge in [0.05, 0.1) is 5.56 Å². The quantitative estimate of drug-likeness (QED) is 0.683. The van der Waals surface area contributed by atoms with Gasteiger partial charge in [0.15, 0.2) is 0 Å². The average molecular weight is 351 g/mol. The summed E-state index contributed by atoms with van der Waals surface area (Å²) in [5, 5.41) is 11.6. The standard InChI is InChI=1S/C20H14FNO4/c21-16-9-5-4-8-15(16)18-11-10-14(26-18)12-17(20(24)25)22-19(23)13-6-2-1-3-7-13/h1-12H,(H,22,23)(H,24,25)/b17-12+. The molecular formula is C20H14FNO4. The number of rotatable bonds is 5. The van der Waals surface area contributed by atoms with Gasteiger partial charge in [-0.2, -0.15) is 0 Å². The second-order valence-corrected chi connectivity index (χ2v) is 5.37. The topological polar surface area (TPSA) is 79.5 Å². The number of carbonyl (C=O) groups excluding carboxylic acids is 1. The van der Waals surface area contributed by atoms with Crippen LogP contribution in [0.5, 0.6) is 0 Å². The number of nitrogens with one attached hydrogen (secondary N) is 1. The Morgan fingerprint density at radius 3 is 2.35 bits per heavy atom. The Hall–Kier alpha value is -3.67. The summed E-state index contributed by atoms with van der Waals surface area (Å²) in [6.45, 7) is 0. The van der Waals surface area contributed by atoms with E-state index in [1.54, 1.807) is 48.5 Å². The minimum atomic E-state index is -1.32. The van der Waals surface area contributed by atoms with Crippen LogP contribution in [0.2, 0.25) is 0 Å². The van der Waals surface area contributed by atoms with Gasteiger partial charge in [0, 0.05) is 11.6 Å². The molecule has 0 unspecified atom stereocenters. The van der Waals surface area contributed by atoms with Crippen molar-refractivity contribution in [3.8, 4) is 11.3 Å². The van der Waals surface area contributed by atoms with Crippen molar-refractivity contribution in [2.75, 3.05) is 0 Å². The highest BCUT2D eigenvalue weighted by atomic mass is 19.1. The van der Waals surface area contributed by atoms with E-state index >= 15 is 0 Å². The molecular weight excluding hydrogens is 337 g/mol. The first-order valence-corrected chi connectivity index (χ1v) is 7.71. The van der Waals surface area contributed by atoms with Crippen molar-refractivity contribution in [2.45, 2.75) is 0 Å². The van der Waals surface area contributed by atoms with Crippen LogP contribution in [0.25, 0.3) is 17.4 Å². The molecule has 0 saturated carbocycles. The van der Waals surface area contributed by atoms with Gasteiger partial charge in [-0.25, -0.2) is 9.18 Å². The number of amides is 1. The lowest BCUT2D eigenvalue weighted by atomic mass is 10.1. The third-order valence-corrected chi connectivity index (χ3v) is 3.57. The van der Waals surface area contributed by atoms with E-state index in [-0.39, 0.29) is 22.8 Å². The van der Waals surface area contributed by atoms with E-state index in [0.717, 1.165) is 0 Å². The van der Waals surface area contributed by atoms with Crippen LogP contribution >= 0.6 is 0 Å². The molecule has 0 aliphatic rings. The molecule has 0 radical (unpaired) electrons. The molecule has 1 heterocycles. The van der Waals surface area contributed by atoms with Crippen molar-refractivity contribution in [1.29, 1.82) is 0 Å². The fourth-order valence-corrected chi connectivity index (χ4v) is 2.31. The van der Waals surface area contributed by atoms with E-state index in [0.29, 0.717) is 5.56 Å². The Morgan fingerprint density at radius 2 is 1.65 bits per heavy atom. The molecule has 1 aromatic heterocycles. The maximum absolute atomic E-state index is 13.8. The number of hydrogen-bond donors (Lipinski definition) is 2. The number of hydrogen-bond acceptors (Lipinski definition) is 3. The lowest BCUT2D eigenvalue weighted by Gasteiger charge is -2.05. The van der Waals surface area contributed by atoms with Crippen LogP contribution in [0.4, 0.5) is 4.39 Å². The summed E-state index contributed by atoms with van der Waals surface area (Å²) < 4.78 is 19.3. The maximum atomic E-state index is 13.8. The Bertz CT molecular complexity index is 976. The number of halogens is 1. The molecule has 3 aromatic rings. The van der Waals surface area contributed by atoms with Crippen LogP contribution < -0.4 is 5.32 Å². The van der Waals surface area contributed by atoms with Crippen molar-refractivity contribution >= 4 is 18.0 Å². The maximum Gasteiger partial charge on any atom is 0.352 e. The second-order valence-electron chi connectivity index (χ2n) is 5.37. The second kappa shape index (κ2) is 7.48. The molecule has 3 rings (SSSR count). The summed E-state index contributed by atoms with van der Waals surface area (Å²) in [7, 11) is 0. The Kier molecular flexibility index (Phi) is 4.94. The van der Waals surface area contributed by atoms with Crippen LogP contribution in [-0.2, 0) is 4.79 Å². The van der Waals surface area contributed by atoms with Crippen molar-refractivity contribution in [3.63, 3.8) is 0 Å². The van der Waals surface area contributed by atoms with E-state index in [9.17, 15) is 19.1 Å². The van der Waals surface area contributed by atoms with Crippen molar-refractivity contribution < 1.29 is 23.5 Å². The average Bonchev–Trinajstić information content (AvgIpc) is 3.10. The highest BCUT2D eigenvalue weighted by molar-refractivity contribution is 6.02. The fourth-order valence-electron chi connectivity index (χ4n) is 2.31. The highest BCUT2D eigenvalue weighted by Gasteiger charge is 2.15. The summed E-state index contributed by atoms with van der Waals surface area (Å²) in [5.41, 5.74) is 0.233. The van der Waals surface area contributed by atoms with Gasteiger partial charge in [-0.05, 0) is 36.4 Å². The molecule has 0 atom stereocenters. The molecule has 0 aliphatic carbocycles. The number of carboxylic acid groups (broad SMARTS) is 1. The molecule has 5 nitrogen and oxygen atoms in total. The van der Waals surface area contributed by atoms with E-state index in [4.69, 9.17) is 4.42 Å². The first kappa shape index (κ1) is 17.2. The Labute approximate surface area is 148 Å². The third kappa shape index (κ3) is 3.87. The molecule has 0 aliphatic heterocycles. The van der Waals surface area contributed by atoms with Crippen LogP contribution in [0.15, 0.2) is 76.8 Å². The number of benzene rings is 2. The van der Waals surface area contributed by atoms with E-state index < -0.39 is 17.7 Å². The monoisotopic (exact) mass is 351 g/mol. The Balaban J connectivity index is 1.85. The molecule has 0 spiro atoms. The fraction of sp³-hybridized carbons (Fsp3) is 0. The Morgan fingerprint density at radius 1 is 0.962 bits per heavy atom. The van der Waals surface area contributed by atoms with Gasteiger partial charge < -0.3 is 14.8 Å². The largest absolute Gasteiger partial charge is 0.477 e. The smallest absolute Gasteiger partial charge is 0.352 e. The van der Waals surface area contributed by atoms with Gasteiger partial charge in [0.2, 0.25) is 0 Å². The van der Waals surface area contributed by atoms with E-state index in [2.05, 4.69) is 5.32 Å². The van der Waals surface area contributed by atoms with E-state index in [1.165, 1.54) is 24.3 Å². The van der Waals surface area contributed by atoms with Gasteiger partial charge in [-0.15, -0.1) is 0 Å². The van der Waals surface area contributed by atoms with Crippen molar-refractivity contribution in [1.82, 2.24) is 5.32 Å². The molecule has 0 saturated heterocycles. The lowest BCUT2D eigenvalue weighted by Crippen LogP contribution is -2.27. The molecule has 130 valence electrons. The number of carboxylic acids is 1. The molecule has 0 bridgehead atoms. The van der Waals surface area contributed by atoms with Gasteiger partial charge >= 0.3 is 5.97 Å². The number of aliphatic carboxylic acids is 1. The van der Waals surface area contributed by atoms with E-state index in [1.807, 2.05) is 0 Å². The number of carbonyl (C=O) groups is 2. The summed E-state index contributed by atoms with van der Waals surface area (Å²) >= 11 is 0. The van der Waals surface area contributed by atoms with Crippen LogP contribution in [0.1, 0.15) is 16.1 Å². The summed E-state index contributed by atoms with van der Waals surface area (Å²) in [5.74, 6) is -1.89. The van der Waals surface area contributed by atoms with Gasteiger partial charge in [0.25, 0.3) is 5.91 Å². The zero-order chi connectivity index (χ0) is 18.5. The van der Waals surface area contributed by atoms with Crippen LogP contribution in [0, 0.1) is 5.82 Å². The normalized spacial score (nSPS) is 11.2. The predicted molar refractivity (Wildman–Crippen MR) is 93.6 cm³/mol. The first-order chi connectivity index (χ1) is 12.5. The molecule has 26 heavy (non-hydrogen) atoms. The van der Waals surface area contributed by atoms with Gasteiger partial charge in [-0.1, -0.05) is 30.3 Å². The predicted octanol–water partition coefficient (Wildman–Crippen LogP) is 3.94. The molecule has 2 aromatic carbocycles. The minimum Gasteiger partial charge on any atom is -0.477 e. The SMILES string of the molecule is O=C(O)/C(=C\c1ccc(-c2ccccc2F)o1)NC(=O)c1ccccc1. The first-order valence-electron chi connectivity index (χ1n) is 7.71. The summed E-state index contributed by atoms with van der Waals surface area (Å²) in [6, 6.07) is 17.3. The zero-order valence-electron chi connectivity index (χ0n) is 13.5. The molecule has 0 fully saturated rings.